The summed E-state index contributed by atoms with van der Waals surface area (Å²) in [6, 6.07) is 6.77. The first-order valence-electron chi connectivity index (χ1n) is 13.3. The van der Waals surface area contributed by atoms with E-state index in [0.717, 1.165) is 52.0 Å². The van der Waals surface area contributed by atoms with Gasteiger partial charge < -0.3 is 24.8 Å². The number of halogens is 6. The van der Waals surface area contributed by atoms with Crippen molar-refractivity contribution in [3.63, 3.8) is 0 Å². The Bertz CT molecular complexity index is 1890. The summed E-state index contributed by atoms with van der Waals surface area (Å²) < 4.78 is 112. The standard InChI is InChI=1S/C27H22F6N6O6S2/c1-15(40)22-34-13-21-23(36-22)37-25(46-21)38-10-11-39(47(42,43)19-8-6-18(7-9-19)45-27(31,32)33)20(14-38)24(41)35-12-16-2-4-17(5-3-16)44-26(28,29)30/h2-9,13,20,40H,1,10-12,14H2,(H,35,41)/t20-/m1/s1. The van der Waals surface area contributed by atoms with Gasteiger partial charge in [-0.05, 0) is 42.0 Å². The van der Waals surface area contributed by atoms with Crippen molar-refractivity contribution >= 4 is 48.5 Å². The summed E-state index contributed by atoms with van der Waals surface area (Å²) >= 11 is 1.15. The molecule has 2 aromatic heterocycles. The van der Waals surface area contributed by atoms with Crippen LogP contribution in [0.1, 0.15) is 11.4 Å². The Balaban J connectivity index is 1.39. The second-order valence-electron chi connectivity index (χ2n) is 9.83. The summed E-state index contributed by atoms with van der Waals surface area (Å²) in [5.41, 5.74) is 0.599. The predicted molar refractivity (Wildman–Crippen MR) is 155 cm³/mol. The summed E-state index contributed by atoms with van der Waals surface area (Å²) in [6.45, 7) is 2.77. The zero-order valence-electron chi connectivity index (χ0n) is 23.6. The van der Waals surface area contributed by atoms with E-state index >= 15 is 0 Å². The van der Waals surface area contributed by atoms with E-state index in [0.29, 0.717) is 15.4 Å². The molecule has 0 saturated carbocycles. The fourth-order valence-electron chi connectivity index (χ4n) is 4.51. The van der Waals surface area contributed by atoms with E-state index in [4.69, 9.17) is 0 Å². The highest BCUT2D eigenvalue weighted by atomic mass is 32.2. The second kappa shape index (κ2) is 12.8. The van der Waals surface area contributed by atoms with E-state index in [1.807, 2.05) is 0 Å². The van der Waals surface area contributed by atoms with Crippen LogP contribution >= 0.6 is 11.3 Å². The smallest absolute Gasteiger partial charge is 0.505 e. The molecule has 250 valence electrons. The molecule has 1 fully saturated rings. The number of piperazine rings is 1. The molecule has 1 atom stereocenters. The fourth-order valence-corrected chi connectivity index (χ4v) is 6.99. The van der Waals surface area contributed by atoms with Gasteiger partial charge in [0.2, 0.25) is 15.9 Å². The maximum Gasteiger partial charge on any atom is 0.573 e. The van der Waals surface area contributed by atoms with Crippen LogP contribution < -0.4 is 19.7 Å². The lowest BCUT2D eigenvalue weighted by Crippen LogP contribution is -2.60. The average molecular weight is 705 g/mol. The van der Waals surface area contributed by atoms with Gasteiger partial charge in [-0.15, -0.1) is 26.3 Å². The van der Waals surface area contributed by atoms with Crippen LogP contribution in [0.25, 0.3) is 16.1 Å². The maximum absolute atomic E-state index is 13.7. The van der Waals surface area contributed by atoms with Crippen molar-refractivity contribution in [3.05, 3.63) is 72.7 Å². The number of fused-ring (bicyclic) bond motifs is 1. The number of benzene rings is 2. The number of aliphatic hydroxyl groups is 1. The number of carbonyl (C=O) groups excluding carboxylic acids is 1. The molecule has 1 amide bonds. The Morgan fingerprint density at radius 3 is 2.15 bits per heavy atom. The quantitative estimate of drug-likeness (QED) is 0.187. The number of amides is 1. The van der Waals surface area contributed by atoms with Gasteiger partial charge in [0.05, 0.1) is 15.8 Å². The van der Waals surface area contributed by atoms with E-state index in [2.05, 4.69) is 36.3 Å². The molecule has 0 radical (unpaired) electrons. The molecule has 20 heteroatoms. The normalized spacial score (nSPS) is 16.2. The van der Waals surface area contributed by atoms with Crippen LogP contribution in [0.5, 0.6) is 11.5 Å². The van der Waals surface area contributed by atoms with Gasteiger partial charge in [-0.3, -0.25) is 4.79 Å². The van der Waals surface area contributed by atoms with Crippen molar-refractivity contribution in [2.75, 3.05) is 24.5 Å². The maximum atomic E-state index is 13.7. The average Bonchev–Trinajstić information content (AvgIpc) is 3.43. The van der Waals surface area contributed by atoms with Crippen LogP contribution in [0.3, 0.4) is 0 Å². The number of sulfonamides is 1. The van der Waals surface area contributed by atoms with Crippen LogP contribution in [-0.4, -0.2) is 77.1 Å². The minimum atomic E-state index is -4.99. The number of ether oxygens (including phenoxy) is 2. The molecule has 47 heavy (non-hydrogen) atoms. The van der Waals surface area contributed by atoms with Gasteiger partial charge in [0.25, 0.3) is 0 Å². The van der Waals surface area contributed by atoms with Crippen LogP contribution in [0, 0.1) is 0 Å². The van der Waals surface area contributed by atoms with E-state index in [9.17, 15) is 44.7 Å². The summed E-state index contributed by atoms with van der Waals surface area (Å²) in [5, 5.41) is 12.6. The molecule has 0 aliphatic carbocycles. The number of anilines is 1. The van der Waals surface area contributed by atoms with E-state index in [1.54, 1.807) is 4.90 Å². The number of nitrogens with one attached hydrogen (secondary N) is 1. The lowest BCUT2D eigenvalue weighted by atomic mass is 10.1. The molecule has 3 heterocycles. The Hall–Kier alpha value is -4.69. The summed E-state index contributed by atoms with van der Waals surface area (Å²) in [6.07, 6.45) is -8.47. The summed E-state index contributed by atoms with van der Waals surface area (Å²) in [7, 11) is -4.46. The molecule has 1 aliphatic rings. The number of hydrogen-bond donors (Lipinski definition) is 2. The molecule has 2 aromatic carbocycles. The van der Waals surface area contributed by atoms with Crippen LogP contribution in [-0.2, 0) is 21.4 Å². The van der Waals surface area contributed by atoms with Gasteiger partial charge >= 0.3 is 12.7 Å². The third-order valence-electron chi connectivity index (χ3n) is 6.59. The number of aromatic nitrogens is 3. The van der Waals surface area contributed by atoms with Gasteiger partial charge in [0.1, 0.15) is 17.5 Å². The van der Waals surface area contributed by atoms with E-state index in [-0.39, 0.29) is 43.4 Å². The van der Waals surface area contributed by atoms with Crippen molar-refractivity contribution in [3.8, 4) is 11.5 Å². The second-order valence-corrected chi connectivity index (χ2v) is 12.7. The number of rotatable bonds is 9. The largest absolute Gasteiger partial charge is 0.573 e. The van der Waals surface area contributed by atoms with Crippen LogP contribution in [0.2, 0.25) is 0 Å². The van der Waals surface area contributed by atoms with Crippen molar-refractivity contribution in [1.29, 1.82) is 0 Å². The van der Waals surface area contributed by atoms with Crippen molar-refractivity contribution in [2.24, 2.45) is 0 Å². The lowest BCUT2D eigenvalue weighted by Gasteiger charge is -2.39. The van der Waals surface area contributed by atoms with E-state index in [1.165, 1.54) is 18.3 Å². The zero-order valence-corrected chi connectivity index (χ0v) is 25.3. The highest BCUT2D eigenvalue weighted by Crippen LogP contribution is 2.32. The third-order valence-corrected chi connectivity index (χ3v) is 9.55. The molecule has 5 rings (SSSR count). The summed E-state index contributed by atoms with van der Waals surface area (Å²) in [5.74, 6) is -2.32. The fraction of sp³-hybridized carbons (Fsp3) is 0.259. The van der Waals surface area contributed by atoms with Crippen molar-refractivity contribution in [1.82, 2.24) is 24.6 Å². The molecule has 0 spiro atoms. The van der Waals surface area contributed by atoms with Gasteiger partial charge in [-0.25, -0.2) is 18.4 Å². The van der Waals surface area contributed by atoms with Crippen molar-refractivity contribution < 1.29 is 54.1 Å². The number of carbonyl (C=O) groups is 1. The third kappa shape index (κ3) is 8.19. The molecular weight excluding hydrogens is 682 g/mol. The molecule has 0 bridgehead atoms. The molecule has 1 aliphatic heterocycles. The van der Waals surface area contributed by atoms with Crippen molar-refractivity contribution in [2.45, 2.75) is 30.2 Å². The molecule has 4 aromatic rings. The Morgan fingerprint density at radius 1 is 0.979 bits per heavy atom. The van der Waals surface area contributed by atoms with Gasteiger partial charge in [-0.1, -0.05) is 30.0 Å². The van der Waals surface area contributed by atoms with Crippen LogP contribution in [0.15, 0.2) is 66.2 Å². The predicted octanol–water partition coefficient (Wildman–Crippen LogP) is 4.61. The highest BCUT2D eigenvalue weighted by Gasteiger charge is 2.41. The van der Waals surface area contributed by atoms with Gasteiger partial charge in [0, 0.05) is 26.2 Å². The first kappa shape index (κ1) is 33.7. The van der Waals surface area contributed by atoms with Gasteiger partial charge in [-0.2, -0.15) is 9.29 Å². The zero-order chi connectivity index (χ0) is 34.1. The van der Waals surface area contributed by atoms with Crippen LogP contribution in [0.4, 0.5) is 31.5 Å². The number of nitrogens with zero attached hydrogens (tertiary/aromatic N) is 5. The SMILES string of the molecule is C=C(O)c1ncc2sc(N3CCN(S(=O)(=O)c4ccc(OC(F)(F)F)cc4)[C@@H](C(=O)NCc4ccc(OC(F)(F)F)cc4)C3)nc2n1. The Kier molecular flexibility index (Phi) is 9.20. The van der Waals surface area contributed by atoms with E-state index < -0.39 is 51.1 Å². The number of alkyl halides is 6. The monoisotopic (exact) mass is 704 g/mol. The molecule has 12 nitrogen and oxygen atoms in total. The Labute approximate surface area is 265 Å². The van der Waals surface area contributed by atoms with Gasteiger partial charge in [0.15, 0.2) is 22.4 Å². The molecule has 2 N–H and O–H groups in total. The minimum absolute atomic E-state index is 0.0474. The molecule has 1 saturated heterocycles. The highest BCUT2D eigenvalue weighted by molar-refractivity contribution is 7.89. The Morgan fingerprint density at radius 2 is 1.57 bits per heavy atom. The number of thiazole rings is 1. The molecule has 0 unspecified atom stereocenters. The number of hydrogen-bond acceptors (Lipinski definition) is 11. The first-order chi connectivity index (χ1) is 22.0. The minimum Gasteiger partial charge on any atom is -0.505 e. The summed E-state index contributed by atoms with van der Waals surface area (Å²) in [4.78, 5) is 27.3. The molecular formula is C27H22F6N6O6S2. The lowest BCUT2D eigenvalue weighted by molar-refractivity contribution is -0.275. The topological polar surface area (TPSA) is 147 Å². The number of aliphatic hydroxyl groups excluding tert-OH is 1. The first-order valence-corrected chi connectivity index (χ1v) is 15.5.